The van der Waals surface area contributed by atoms with E-state index in [0.29, 0.717) is 6.04 Å². The Hall–Kier alpha value is 0.177. The van der Waals surface area contributed by atoms with Crippen molar-refractivity contribution in [1.29, 1.82) is 0 Å². The van der Waals surface area contributed by atoms with Gasteiger partial charge in [0, 0.05) is 14.1 Å². The van der Waals surface area contributed by atoms with Crippen molar-refractivity contribution in [2.75, 3.05) is 0 Å². The molecule has 2 unspecified atom stereocenters. The van der Waals surface area contributed by atoms with Gasteiger partial charge in [0.25, 0.3) is 0 Å². The van der Waals surface area contributed by atoms with E-state index >= 15 is 0 Å². The number of hydrogen-bond donors (Lipinski definition) is 1. The normalized spacial score (nSPS) is 29.1. The van der Waals surface area contributed by atoms with Gasteiger partial charge in [0.05, 0.1) is 0 Å². The minimum Gasteiger partial charge on any atom is -0.327 e. The van der Waals surface area contributed by atoms with Crippen LogP contribution in [0.25, 0.3) is 0 Å². The Morgan fingerprint density at radius 3 is 2.36 bits per heavy atom. The molecular formula is C12H27NSi. The average molecular weight is 213 g/mol. The van der Waals surface area contributed by atoms with Gasteiger partial charge in [-0.25, -0.2) is 0 Å². The molecule has 1 aliphatic rings. The lowest BCUT2D eigenvalue weighted by Crippen LogP contribution is -2.33. The summed E-state index contributed by atoms with van der Waals surface area (Å²) in [6, 6.07) is 2.00. The molecule has 2 N–H and O–H groups in total. The largest absolute Gasteiger partial charge is 0.327 e. The first kappa shape index (κ1) is 12.2. The second kappa shape index (κ2) is 5.31. The van der Waals surface area contributed by atoms with Crippen LogP contribution < -0.4 is 5.73 Å². The summed E-state index contributed by atoms with van der Waals surface area (Å²) in [5.41, 5.74) is 6.14. The molecule has 0 spiro atoms. The molecule has 0 aromatic rings. The molecule has 0 saturated heterocycles. The van der Waals surface area contributed by atoms with Gasteiger partial charge in [0.15, 0.2) is 0 Å². The Kier molecular flexibility index (Phi) is 4.65. The average Bonchev–Trinajstić information content (AvgIpc) is 2.06. The molecule has 0 aromatic heterocycles. The maximum atomic E-state index is 6.14. The third-order valence-corrected chi connectivity index (χ3v) is 5.32. The quantitative estimate of drug-likeness (QED) is 0.709. The molecule has 0 amide bonds. The number of hydrogen-bond acceptors (Lipinski definition) is 1. The van der Waals surface area contributed by atoms with Crippen LogP contribution in [0.15, 0.2) is 0 Å². The van der Waals surface area contributed by atoms with E-state index in [9.17, 15) is 0 Å². The van der Waals surface area contributed by atoms with Gasteiger partial charge in [0.1, 0.15) is 0 Å². The van der Waals surface area contributed by atoms with Crippen LogP contribution in [0.5, 0.6) is 0 Å². The van der Waals surface area contributed by atoms with Crippen LogP contribution in [0, 0.1) is 5.92 Å². The first-order chi connectivity index (χ1) is 6.49. The van der Waals surface area contributed by atoms with E-state index in [1.54, 1.807) is 0 Å². The van der Waals surface area contributed by atoms with E-state index in [0.717, 1.165) is 5.92 Å². The summed E-state index contributed by atoms with van der Waals surface area (Å²) in [6.07, 6.45) is 8.28. The minimum absolute atomic E-state index is 0.519. The van der Waals surface area contributed by atoms with Crippen LogP contribution in [0.1, 0.15) is 38.5 Å². The van der Waals surface area contributed by atoms with Crippen LogP contribution in [0.2, 0.25) is 25.7 Å². The molecule has 2 heteroatoms. The molecule has 1 aliphatic carbocycles. The lowest BCUT2D eigenvalue weighted by Gasteiger charge is -2.29. The lowest BCUT2D eigenvalue weighted by molar-refractivity contribution is 0.289. The van der Waals surface area contributed by atoms with E-state index in [-0.39, 0.29) is 0 Å². The molecule has 2 atom stereocenters. The molecule has 0 heterocycles. The van der Waals surface area contributed by atoms with Gasteiger partial charge in [-0.2, -0.15) is 0 Å². The fraction of sp³-hybridized carbons (Fsp3) is 1.00. The highest BCUT2D eigenvalue weighted by Gasteiger charge is 2.22. The highest BCUT2D eigenvalue weighted by atomic mass is 28.3. The molecule has 1 rings (SSSR count). The van der Waals surface area contributed by atoms with Gasteiger partial charge in [-0.3, -0.25) is 0 Å². The summed E-state index contributed by atoms with van der Waals surface area (Å²) in [6.45, 7) is 7.40. The zero-order chi connectivity index (χ0) is 10.6. The van der Waals surface area contributed by atoms with Crippen molar-refractivity contribution in [2.24, 2.45) is 11.7 Å². The third kappa shape index (κ3) is 4.60. The van der Waals surface area contributed by atoms with Crippen molar-refractivity contribution in [3.05, 3.63) is 0 Å². The number of nitrogens with two attached hydrogens (primary N) is 1. The topological polar surface area (TPSA) is 26.0 Å². The molecule has 0 aromatic carbocycles. The third-order valence-electron chi connectivity index (χ3n) is 3.47. The minimum atomic E-state index is -0.805. The summed E-state index contributed by atoms with van der Waals surface area (Å²) in [5.74, 6) is 0.847. The summed E-state index contributed by atoms with van der Waals surface area (Å²) < 4.78 is 0. The molecule has 1 nitrogen and oxygen atoms in total. The fourth-order valence-electron chi connectivity index (χ4n) is 2.49. The van der Waals surface area contributed by atoms with Gasteiger partial charge < -0.3 is 5.73 Å². The van der Waals surface area contributed by atoms with Gasteiger partial charge in [-0.1, -0.05) is 44.9 Å². The van der Waals surface area contributed by atoms with E-state index < -0.39 is 8.07 Å². The van der Waals surface area contributed by atoms with Crippen LogP contribution >= 0.6 is 0 Å². The van der Waals surface area contributed by atoms with Crippen LogP contribution in [0.4, 0.5) is 0 Å². The van der Waals surface area contributed by atoms with Crippen molar-refractivity contribution in [3.63, 3.8) is 0 Å². The molecular weight excluding hydrogens is 186 g/mol. The first-order valence-corrected chi connectivity index (χ1v) is 9.95. The van der Waals surface area contributed by atoms with E-state index in [1.807, 2.05) is 0 Å². The molecule has 1 fully saturated rings. The standard InChI is InChI=1S/C12H27NSi/c1-14(2,3)10-6-8-11-7-4-5-9-12(11)13/h11-12H,4-10,13H2,1-3H3. The van der Waals surface area contributed by atoms with E-state index in [1.165, 1.54) is 44.6 Å². The van der Waals surface area contributed by atoms with Gasteiger partial charge in [0.2, 0.25) is 0 Å². The van der Waals surface area contributed by atoms with Crippen LogP contribution in [-0.4, -0.2) is 14.1 Å². The van der Waals surface area contributed by atoms with Gasteiger partial charge in [-0.05, 0) is 25.2 Å². The zero-order valence-electron chi connectivity index (χ0n) is 10.2. The second-order valence-electron chi connectivity index (χ2n) is 6.16. The monoisotopic (exact) mass is 213 g/mol. The maximum Gasteiger partial charge on any atom is 0.0442 e. The summed E-state index contributed by atoms with van der Waals surface area (Å²) in [4.78, 5) is 0. The predicted octanol–water partition coefficient (Wildman–Crippen LogP) is 3.62. The Bertz CT molecular complexity index is 162. The molecule has 0 aliphatic heterocycles. The van der Waals surface area contributed by atoms with Gasteiger partial charge >= 0.3 is 0 Å². The lowest BCUT2D eigenvalue weighted by atomic mass is 9.82. The van der Waals surface area contributed by atoms with Crippen LogP contribution in [-0.2, 0) is 0 Å². The Labute approximate surface area is 90.5 Å². The summed E-state index contributed by atoms with van der Waals surface area (Å²) >= 11 is 0. The maximum absolute atomic E-state index is 6.14. The van der Waals surface area contributed by atoms with E-state index in [4.69, 9.17) is 5.73 Å². The smallest absolute Gasteiger partial charge is 0.0442 e. The Morgan fingerprint density at radius 2 is 1.79 bits per heavy atom. The number of rotatable bonds is 4. The van der Waals surface area contributed by atoms with E-state index in [2.05, 4.69) is 19.6 Å². The highest BCUT2D eigenvalue weighted by Crippen LogP contribution is 2.28. The molecule has 0 bridgehead atoms. The highest BCUT2D eigenvalue weighted by molar-refractivity contribution is 6.76. The van der Waals surface area contributed by atoms with Crippen molar-refractivity contribution < 1.29 is 0 Å². The zero-order valence-corrected chi connectivity index (χ0v) is 11.2. The van der Waals surface area contributed by atoms with Crippen molar-refractivity contribution in [3.8, 4) is 0 Å². The second-order valence-corrected chi connectivity index (χ2v) is 11.8. The Morgan fingerprint density at radius 1 is 1.14 bits per heavy atom. The fourth-order valence-corrected chi connectivity index (χ4v) is 3.75. The van der Waals surface area contributed by atoms with Crippen molar-refractivity contribution >= 4 is 8.07 Å². The van der Waals surface area contributed by atoms with Crippen LogP contribution in [0.3, 0.4) is 0 Å². The predicted molar refractivity (Wildman–Crippen MR) is 67.3 cm³/mol. The van der Waals surface area contributed by atoms with Gasteiger partial charge in [-0.15, -0.1) is 0 Å². The summed E-state index contributed by atoms with van der Waals surface area (Å²) in [7, 11) is -0.805. The molecule has 0 radical (unpaired) electrons. The molecule has 14 heavy (non-hydrogen) atoms. The SMILES string of the molecule is C[Si](C)(C)CCCC1CCCCC1N. The molecule has 1 saturated carbocycles. The van der Waals surface area contributed by atoms with Crippen molar-refractivity contribution in [1.82, 2.24) is 0 Å². The summed E-state index contributed by atoms with van der Waals surface area (Å²) in [5, 5.41) is 0. The molecule has 84 valence electrons. The van der Waals surface area contributed by atoms with Crippen molar-refractivity contribution in [2.45, 2.75) is 70.3 Å². The first-order valence-electron chi connectivity index (χ1n) is 6.24. The Balaban J connectivity index is 2.17.